The van der Waals surface area contributed by atoms with Crippen molar-refractivity contribution in [3.05, 3.63) is 66.0 Å². The van der Waals surface area contributed by atoms with Crippen LogP contribution in [-0.2, 0) is 17.1 Å². The summed E-state index contributed by atoms with van der Waals surface area (Å²) in [6.45, 7) is 2.12. The quantitative estimate of drug-likeness (QED) is 0.487. The maximum Gasteiger partial charge on any atom is 0.0994 e. The Bertz CT molecular complexity index is 327. The van der Waals surface area contributed by atoms with Gasteiger partial charge in [-0.3, -0.25) is 0 Å². The topological polar surface area (TPSA) is 20.2 Å². The van der Waals surface area contributed by atoms with Crippen molar-refractivity contribution in [1.82, 2.24) is 0 Å². The zero-order valence-electron chi connectivity index (χ0n) is 10.1. The van der Waals surface area contributed by atoms with Gasteiger partial charge in [0.1, 0.15) is 0 Å². The molecule has 0 atom stereocenters. The Labute approximate surface area is 114 Å². The molecule has 94 valence electrons. The van der Waals surface area contributed by atoms with Gasteiger partial charge in [0.2, 0.25) is 0 Å². The molecule has 0 radical (unpaired) electrons. The third-order valence-corrected chi connectivity index (χ3v) is 2.32. The van der Waals surface area contributed by atoms with Crippen molar-refractivity contribution < 1.29 is 22.2 Å². The fraction of sp³-hybridized carbons (Fsp3) is 0.267. The Morgan fingerprint density at radius 3 is 2.18 bits per heavy atom. The minimum Gasteiger partial charge on any atom is -0.512 e. The Balaban J connectivity index is 0.000000360. The normalized spacial score (nSPS) is 11.7. The van der Waals surface area contributed by atoms with Crippen molar-refractivity contribution in [2.45, 2.75) is 26.2 Å². The molecule has 0 saturated carbocycles. The predicted molar refractivity (Wildman–Crippen MR) is 69.5 cm³/mol. The molecule has 0 aromatic heterocycles. The number of aliphatic hydroxyl groups is 1. The van der Waals surface area contributed by atoms with Crippen LogP contribution in [0.15, 0.2) is 66.0 Å². The molecule has 0 aliphatic heterocycles. The van der Waals surface area contributed by atoms with E-state index in [-0.39, 0.29) is 17.1 Å². The van der Waals surface area contributed by atoms with Gasteiger partial charge in [0.05, 0.1) is 5.76 Å². The first-order valence-corrected chi connectivity index (χ1v) is 5.78. The molecule has 1 nitrogen and oxygen atoms in total. The van der Waals surface area contributed by atoms with Crippen LogP contribution in [0, 0.1) is 0 Å². The first-order chi connectivity index (χ1) is 7.84. The molecule has 2 rings (SSSR count). The van der Waals surface area contributed by atoms with Gasteiger partial charge in [-0.05, 0) is 6.42 Å². The van der Waals surface area contributed by atoms with Crippen LogP contribution in [0.1, 0.15) is 26.2 Å². The molecule has 0 heterocycles. The van der Waals surface area contributed by atoms with Crippen LogP contribution in [0.25, 0.3) is 0 Å². The van der Waals surface area contributed by atoms with Crippen molar-refractivity contribution >= 4 is 0 Å². The molecule has 1 aromatic carbocycles. The maximum absolute atomic E-state index is 9.46. The second kappa shape index (κ2) is 10.1. The van der Waals surface area contributed by atoms with E-state index >= 15 is 0 Å². The third kappa shape index (κ3) is 6.93. The zero-order valence-corrected chi connectivity index (χ0v) is 11.2. The molecule has 17 heavy (non-hydrogen) atoms. The molecule has 0 spiro atoms. The number of hydrogen-bond acceptors (Lipinski definition) is 1. The van der Waals surface area contributed by atoms with Gasteiger partial charge in [0, 0.05) is 29.1 Å². The van der Waals surface area contributed by atoms with Crippen LogP contribution in [0.3, 0.4) is 0 Å². The van der Waals surface area contributed by atoms with Crippen LogP contribution in [-0.4, -0.2) is 5.11 Å². The van der Waals surface area contributed by atoms with E-state index < -0.39 is 0 Å². The zero-order chi connectivity index (χ0) is 11.6. The second-order valence-corrected chi connectivity index (χ2v) is 3.69. The van der Waals surface area contributed by atoms with Crippen LogP contribution in [0.5, 0.6) is 0 Å². The monoisotopic (exact) mass is 271 g/mol. The third-order valence-electron chi connectivity index (χ3n) is 2.32. The van der Waals surface area contributed by atoms with Crippen LogP contribution < -0.4 is 0 Å². The van der Waals surface area contributed by atoms with E-state index in [1.165, 1.54) is 0 Å². The van der Waals surface area contributed by atoms with E-state index in [4.69, 9.17) is 0 Å². The SMILES string of the molecule is CCCCC(O)=C1C=CC=C1.[Fe].c1cc[cH-]c1. The first-order valence-electron chi connectivity index (χ1n) is 5.78. The Morgan fingerprint density at radius 2 is 1.76 bits per heavy atom. The molecule has 2 heteroatoms. The molecule has 0 saturated heterocycles. The summed E-state index contributed by atoms with van der Waals surface area (Å²) in [5.74, 6) is 0.525. The second-order valence-electron chi connectivity index (χ2n) is 3.69. The van der Waals surface area contributed by atoms with Gasteiger partial charge in [-0.2, -0.15) is 18.2 Å². The summed E-state index contributed by atoms with van der Waals surface area (Å²) in [6, 6.07) is 10.0. The minimum atomic E-state index is 0. The van der Waals surface area contributed by atoms with Crippen molar-refractivity contribution in [2.24, 2.45) is 0 Å². The number of hydrogen-bond donors (Lipinski definition) is 1. The smallest absolute Gasteiger partial charge is 0.0994 e. The van der Waals surface area contributed by atoms with Crippen LogP contribution in [0.2, 0.25) is 0 Å². The standard InChI is InChI=1S/C10H14O.C5H5.Fe/c1-2-3-8-10(11)9-6-4-5-7-9;1-2-4-5-3-1;/h4-7,11H,2-3,8H2,1H3;1-5H;/q;-1;. The molecule has 1 N–H and O–H groups in total. The van der Waals surface area contributed by atoms with Gasteiger partial charge in [0.15, 0.2) is 0 Å². The molecule has 0 amide bonds. The number of rotatable bonds is 3. The van der Waals surface area contributed by atoms with Gasteiger partial charge in [-0.1, -0.05) is 37.6 Å². The van der Waals surface area contributed by atoms with Crippen molar-refractivity contribution in [1.29, 1.82) is 0 Å². The summed E-state index contributed by atoms with van der Waals surface area (Å²) >= 11 is 0. The summed E-state index contributed by atoms with van der Waals surface area (Å²) in [4.78, 5) is 0. The summed E-state index contributed by atoms with van der Waals surface area (Å²) < 4.78 is 0. The fourth-order valence-electron chi connectivity index (χ4n) is 1.38. The molecule has 1 aliphatic carbocycles. The molecule has 0 bridgehead atoms. The van der Waals surface area contributed by atoms with E-state index in [1.54, 1.807) is 0 Å². The molecule has 0 fully saturated rings. The molecule has 1 aliphatic rings. The van der Waals surface area contributed by atoms with E-state index in [1.807, 2.05) is 54.6 Å². The number of unbranched alkanes of at least 4 members (excludes halogenated alkanes) is 1. The summed E-state index contributed by atoms with van der Waals surface area (Å²) in [6.07, 6.45) is 10.8. The van der Waals surface area contributed by atoms with Crippen LogP contribution in [0.4, 0.5) is 0 Å². The van der Waals surface area contributed by atoms with Crippen molar-refractivity contribution in [3.8, 4) is 0 Å². The molecular formula is C15H19FeO-. The first kappa shape index (κ1) is 15.9. The fourth-order valence-corrected chi connectivity index (χ4v) is 1.38. The van der Waals surface area contributed by atoms with Gasteiger partial charge in [-0.15, -0.1) is 0 Å². The van der Waals surface area contributed by atoms with E-state index in [0.717, 1.165) is 24.8 Å². The average Bonchev–Trinajstić information content (AvgIpc) is 2.98. The maximum atomic E-state index is 9.46. The predicted octanol–water partition coefficient (Wildman–Crippen LogP) is 4.52. The van der Waals surface area contributed by atoms with Crippen LogP contribution >= 0.6 is 0 Å². The minimum absolute atomic E-state index is 0. The van der Waals surface area contributed by atoms with Gasteiger partial charge < -0.3 is 5.11 Å². The summed E-state index contributed by atoms with van der Waals surface area (Å²) in [5, 5.41) is 9.46. The molecular weight excluding hydrogens is 252 g/mol. The van der Waals surface area contributed by atoms with Gasteiger partial charge in [0.25, 0.3) is 0 Å². The number of aliphatic hydroxyl groups excluding tert-OH is 1. The Kier molecular flexibility index (Phi) is 9.41. The number of allylic oxidation sites excluding steroid dienone is 6. The van der Waals surface area contributed by atoms with E-state index in [0.29, 0.717) is 5.76 Å². The summed E-state index contributed by atoms with van der Waals surface area (Å²) in [5.41, 5.74) is 0.971. The Morgan fingerprint density at radius 1 is 1.18 bits per heavy atom. The molecule has 0 unspecified atom stereocenters. The van der Waals surface area contributed by atoms with E-state index in [2.05, 4.69) is 6.92 Å². The largest absolute Gasteiger partial charge is 0.512 e. The van der Waals surface area contributed by atoms with Gasteiger partial charge >= 0.3 is 0 Å². The Hall–Kier alpha value is -1.11. The van der Waals surface area contributed by atoms with Crippen molar-refractivity contribution in [2.75, 3.05) is 0 Å². The average molecular weight is 271 g/mol. The van der Waals surface area contributed by atoms with Gasteiger partial charge in [-0.25, -0.2) is 12.1 Å². The molecule has 1 aromatic rings. The van der Waals surface area contributed by atoms with E-state index in [9.17, 15) is 5.11 Å². The van der Waals surface area contributed by atoms with Crippen molar-refractivity contribution in [3.63, 3.8) is 0 Å². The summed E-state index contributed by atoms with van der Waals surface area (Å²) in [7, 11) is 0.